The summed E-state index contributed by atoms with van der Waals surface area (Å²) >= 11 is 1.57. The van der Waals surface area contributed by atoms with Crippen molar-refractivity contribution in [2.45, 2.75) is 39.7 Å². The van der Waals surface area contributed by atoms with Crippen molar-refractivity contribution in [2.24, 2.45) is 17.8 Å². The molecule has 0 bridgehead atoms. The third-order valence-corrected chi connectivity index (χ3v) is 5.21. The molecular weight excluding hydrogens is 288 g/mol. The minimum absolute atomic E-state index is 0.0515. The molecule has 1 heterocycles. The van der Waals surface area contributed by atoms with Crippen molar-refractivity contribution < 1.29 is 14.7 Å². The van der Waals surface area contributed by atoms with Crippen LogP contribution in [0.2, 0.25) is 0 Å². The monoisotopic (exact) mass is 310 g/mol. The average molecular weight is 310 g/mol. The average Bonchev–Trinajstić information content (AvgIpc) is 3.04. The number of thiazole rings is 1. The van der Waals surface area contributed by atoms with E-state index < -0.39 is 11.9 Å². The van der Waals surface area contributed by atoms with Gasteiger partial charge in [0.2, 0.25) is 5.91 Å². The fourth-order valence-electron chi connectivity index (χ4n) is 3.10. The van der Waals surface area contributed by atoms with E-state index in [1.54, 1.807) is 29.5 Å². The Hall–Kier alpha value is -1.43. The Morgan fingerprint density at radius 3 is 2.62 bits per heavy atom. The van der Waals surface area contributed by atoms with Gasteiger partial charge in [-0.25, -0.2) is 4.98 Å². The fourth-order valence-corrected chi connectivity index (χ4v) is 3.94. The summed E-state index contributed by atoms with van der Waals surface area (Å²) in [6.07, 6.45) is 4.03. The number of aryl methyl sites for hydroxylation is 1. The summed E-state index contributed by atoms with van der Waals surface area (Å²) in [6.45, 7) is 4.49. The number of carboxylic acid groups (broad SMARTS) is 1. The van der Waals surface area contributed by atoms with E-state index in [9.17, 15) is 14.7 Å². The molecule has 1 aliphatic rings. The van der Waals surface area contributed by atoms with Gasteiger partial charge in [0.15, 0.2) is 0 Å². The van der Waals surface area contributed by atoms with Crippen molar-refractivity contribution in [3.05, 3.63) is 16.1 Å². The molecule has 6 heteroatoms. The van der Waals surface area contributed by atoms with Gasteiger partial charge < -0.3 is 10.0 Å². The molecule has 1 saturated carbocycles. The normalized spacial score (nSPS) is 25.0. The van der Waals surface area contributed by atoms with E-state index >= 15 is 0 Å². The molecule has 2 rings (SSSR count). The molecule has 1 aromatic heterocycles. The van der Waals surface area contributed by atoms with E-state index in [0.717, 1.165) is 16.3 Å². The Kier molecular flexibility index (Phi) is 4.98. The number of rotatable bonds is 5. The molecule has 0 aromatic carbocycles. The second-order valence-corrected chi connectivity index (χ2v) is 7.16. The maximum atomic E-state index is 12.6. The van der Waals surface area contributed by atoms with Crippen LogP contribution in [0.25, 0.3) is 0 Å². The van der Waals surface area contributed by atoms with Crippen LogP contribution in [0.15, 0.2) is 6.20 Å². The van der Waals surface area contributed by atoms with Gasteiger partial charge in [-0.3, -0.25) is 9.59 Å². The van der Waals surface area contributed by atoms with Crippen LogP contribution in [0.4, 0.5) is 0 Å². The third kappa shape index (κ3) is 3.61. The summed E-state index contributed by atoms with van der Waals surface area (Å²) in [5.74, 6) is -1.46. The summed E-state index contributed by atoms with van der Waals surface area (Å²) < 4.78 is 0. The quantitative estimate of drug-likeness (QED) is 0.907. The molecule has 1 fully saturated rings. The number of nitrogens with zero attached hydrogens (tertiary/aromatic N) is 2. The van der Waals surface area contributed by atoms with Crippen LogP contribution in [-0.2, 0) is 16.1 Å². The van der Waals surface area contributed by atoms with E-state index in [1.165, 1.54) is 0 Å². The van der Waals surface area contributed by atoms with Gasteiger partial charge in [-0.15, -0.1) is 11.3 Å². The van der Waals surface area contributed by atoms with Gasteiger partial charge >= 0.3 is 5.97 Å². The lowest BCUT2D eigenvalue weighted by atomic mass is 9.95. The number of carboxylic acids is 1. The van der Waals surface area contributed by atoms with E-state index in [2.05, 4.69) is 11.9 Å². The summed E-state index contributed by atoms with van der Waals surface area (Å²) in [5, 5.41) is 10.3. The largest absolute Gasteiger partial charge is 0.481 e. The molecule has 1 aliphatic carbocycles. The Morgan fingerprint density at radius 2 is 2.10 bits per heavy atom. The highest BCUT2D eigenvalue weighted by Gasteiger charge is 2.43. The second-order valence-electron chi connectivity index (χ2n) is 5.84. The zero-order valence-corrected chi connectivity index (χ0v) is 13.5. The topological polar surface area (TPSA) is 70.5 Å². The summed E-state index contributed by atoms with van der Waals surface area (Å²) in [6, 6.07) is 0. The first-order valence-corrected chi connectivity index (χ1v) is 8.13. The molecule has 0 spiro atoms. The van der Waals surface area contributed by atoms with E-state index in [-0.39, 0.29) is 11.8 Å². The van der Waals surface area contributed by atoms with Gasteiger partial charge in [0.25, 0.3) is 0 Å². The standard InChI is InChI=1S/C15H22N2O3S/c1-4-10-5-12(13(6-10)15(19)20)14(18)17(3)8-11-7-16-9(2)21-11/h7,10,12-13H,4-6,8H2,1-3H3,(H,19,20)/t10?,12-,13+/m0/s1. The molecule has 5 nitrogen and oxygen atoms in total. The molecule has 1 aromatic rings. The minimum Gasteiger partial charge on any atom is -0.481 e. The molecule has 116 valence electrons. The van der Waals surface area contributed by atoms with Crippen LogP contribution >= 0.6 is 11.3 Å². The predicted octanol–water partition coefficient (Wildman–Crippen LogP) is 2.55. The minimum atomic E-state index is -0.841. The van der Waals surface area contributed by atoms with Crippen LogP contribution < -0.4 is 0 Å². The molecular formula is C15H22N2O3S. The molecule has 3 atom stereocenters. The maximum absolute atomic E-state index is 12.6. The Labute approximate surface area is 129 Å². The van der Waals surface area contributed by atoms with Crippen LogP contribution in [-0.4, -0.2) is 33.9 Å². The first-order valence-electron chi connectivity index (χ1n) is 7.31. The molecule has 0 saturated heterocycles. The second kappa shape index (κ2) is 6.56. The van der Waals surface area contributed by atoms with E-state index in [1.807, 2.05) is 6.92 Å². The third-order valence-electron chi connectivity index (χ3n) is 4.31. The van der Waals surface area contributed by atoms with Crippen molar-refractivity contribution in [3.8, 4) is 0 Å². The number of hydrogen-bond acceptors (Lipinski definition) is 4. The van der Waals surface area contributed by atoms with Gasteiger partial charge in [-0.2, -0.15) is 0 Å². The van der Waals surface area contributed by atoms with Crippen molar-refractivity contribution in [2.75, 3.05) is 7.05 Å². The number of aromatic nitrogens is 1. The smallest absolute Gasteiger partial charge is 0.307 e. The van der Waals surface area contributed by atoms with Crippen LogP contribution in [0.3, 0.4) is 0 Å². The lowest BCUT2D eigenvalue weighted by molar-refractivity contribution is -0.148. The Balaban J connectivity index is 2.05. The van der Waals surface area contributed by atoms with E-state index in [4.69, 9.17) is 0 Å². The number of amides is 1. The number of carbonyl (C=O) groups is 2. The van der Waals surface area contributed by atoms with Gasteiger partial charge in [-0.05, 0) is 25.7 Å². The fraction of sp³-hybridized carbons (Fsp3) is 0.667. The van der Waals surface area contributed by atoms with Crippen molar-refractivity contribution in [3.63, 3.8) is 0 Å². The highest BCUT2D eigenvalue weighted by molar-refractivity contribution is 7.11. The molecule has 1 unspecified atom stereocenters. The van der Waals surface area contributed by atoms with Gasteiger partial charge in [-0.1, -0.05) is 13.3 Å². The highest BCUT2D eigenvalue weighted by atomic mass is 32.1. The van der Waals surface area contributed by atoms with Gasteiger partial charge in [0.05, 0.1) is 23.4 Å². The molecule has 1 amide bonds. The molecule has 1 N–H and O–H groups in total. The lowest BCUT2D eigenvalue weighted by Crippen LogP contribution is -2.36. The zero-order valence-electron chi connectivity index (χ0n) is 12.7. The van der Waals surface area contributed by atoms with E-state index in [0.29, 0.717) is 25.3 Å². The van der Waals surface area contributed by atoms with Gasteiger partial charge in [0.1, 0.15) is 0 Å². The molecule has 21 heavy (non-hydrogen) atoms. The summed E-state index contributed by atoms with van der Waals surface area (Å²) in [4.78, 5) is 30.8. The van der Waals surface area contributed by atoms with Crippen LogP contribution in [0, 0.1) is 24.7 Å². The molecule has 0 radical (unpaired) electrons. The SMILES string of the molecule is CCC1C[C@H](C(=O)N(C)Cc2cnc(C)s2)[C@H](C(=O)O)C1. The maximum Gasteiger partial charge on any atom is 0.307 e. The number of aliphatic carboxylic acids is 1. The summed E-state index contributed by atoms with van der Waals surface area (Å²) in [5.41, 5.74) is 0. The predicted molar refractivity (Wildman–Crippen MR) is 81.0 cm³/mol. The Morgan fingerprint density at radius 1 is 1.43 bits per heavy atom. The highest BCUT2D eigenvalue weighted by Crippen LogP contribution is 2.39. The summed E-state index contributed by atoms with van der Waals surface area (Å²) in [7, 11) is 1.75. The van der Waals surface area contributed by atoms with Crippen LogP contribution in [0.1, 0.15) is 36.1 Å². The van der Waals surface area contributed by atoms with Gasteiger partial charge in [0, 0.05) is 18.1 Å². The molecule has 0 aliphatic heterocycles. The van der Waals surface area contributed by atoms with Crippen LogP contribution in [0.5, 0.6) is 0 Å². The lowest BCUT2D eigenvalue weighted by Gasteiger charge is -2.22. The first-order chi connectivity index (χ1) is 9.92. The first kappa shape index (κ1) is 15.9. The van der Waals surface area contributed by atoms with Crippen molar-refractivity contribution in [1.82, 2.24) is 9.88 Å². The zero-order chi connectivity index (χ0) is 15.6. The van der Waals surface area contributed by atoms with Crippen molar-refractivity contribution in [1.29, 1.82) is 0 Å². The number of carbonyl (C=O) groups excluding carboxylic acids is 1. The number of hydrogen-bond donors (Lipinski definition) is 1. The van der Waals surface area contributed by atoms with Crippen molar-refractivity contribution >= 4 is 23.2 Å². The Bertz CT molecular complexity index is 529.